The zero-order valence-electron chi connectivity index (χ0n) is 12.6. The van der Waals surface area contributed by atoms with Crippen molar-refractivity contribution >= 4 is 28.5 Å². The number of hydrogen-bond donors (Lipinski definition) is 2. The minimum Gasteiger partial charge on any atom is -0.449 e. The molecule has 0 saturated heterocycles. The van der Waals surface area contributed by atoms with E-state index in [9.17, 15) is 22.8 Å². The van der Waals surface area contributed by atoms with Gasteiger partial charge in [-0.1, -0.05) is 24.3 Å². The number of rotatable bonds is 3. The highest BCUT2D eigenvalue weighted by Crippen LogP contribution is 2.34. The molecule has 3 rings (SSSR count). The molecular weight excluding hydrogens is 337 g/mol. The lowest BCUT2D eigenvalue weighted by atomic mass is 10.1. The minimum absolute atomic E-state index is 0.0647. The summed E-state index contributed by atoms with van der Waals surface area (Å²) < 4.78 is 44.5. The number of amides is 2. The van der Waals surface area contributed by atoms with Gasteiger partial charge < -0.3 is 15.5 Å². The third kappa shape index (κ3) is 3.06. The van der Waals surface area contributed by atoms with Crippen LogP contribution < -0.4 is 11.1 Å². The first-order valence-corrected chi connectivity index (χ1v) is 7.08. The van der Waals surface area contributed by atoms with Crippen molar-refractivity contribution in [2.45, 2.75) is 6.18 Å². The molecule has 0 aliphatic heterocycles. The summed E-state index contributed by atoms with van der Waals surface area (Å²) in [6.45, 7) is 0. The van der Waals surface area contributed by atoms with Gasteiger partial charge >= 0.3 is 6.18 Å². The van der Waals surface area contributed by atoms with Gasteiger partial charge in [0.2, 0.25) is 5.76 Å². The van der Waals surface area contributed by atoms with Crippen LogP contribution in [0.4, 0.5) is 18.9 Å². The second-order valence-electron chi connectivity index (χ2n) is 5.16. The Morgan fingerprint density at radius 3 is 2.32 bits per heavy atom. The number of carbonyl (C=O) groups is 2. The van der Waals surface area contributed by atoms with Crippen molar-refractivity contribution in [1.29, 1.82) is 0 Å². The molecule has 2 amide bonds. The van der Waals surface area contributed by atoms with Crippen LogP contribution in [-0.2, 0) is 6.18 Å². The van der Waals surface area contributed by atoms with Crippen molar-refractivity contribution in [2.75, 3.05) is 5.32 Å². The molecule has 3 N–H and O–H groups in total. The van der Waals surface area contributed by atoms with E-state index in [0.717, 1.165) is 12.1 Å². The smallest absolute Gasteiger partial charge is 0.417 e. The second kappa shape index (κ2) is 5.97. The lowest BCUT2D eigenvalue weighted by Gasteiger charge is -2.12. The van der Waals surface area contributed by atoms with Crippen LogP contribution in [0.1, 0.15) is 26.5 Å². The maximum Gasteiger partial charge on any atom is 0.417 e. The van der Waals surface area contributed by atoms with E-state index in [1.165, 1.54) is 12.1 Å². The third-order valence-corrected chi connectivity index (χ3v) is 3.53. The van der Waals surface area contributed by atoms with E-state index in [4.69, 9.17) is 10.2 Å². The summed E-state index contributed by atoms with van der Waals surface area (Å²) >= 11 is 0. The lowest BCUT2D eigenvalue weighted by molar-refractivity contribution is -0.137. The Kier molecular flexibility index (Phi) is 3.96. The lowest BCUT2D eigenvalue weighted by Crippen LogP contribution is -2.20. The number of fused-ring (bicyclic) bond motifs is 1. The summed E-state index contributed by atoms with van der Waals surface area (Å²) in [5, 5.41) is 2.67. The van der Waals surface area contributed by atoms with Gasteiger partial charge in [0.15, 0.2) is 0 Å². The summed E-state index contributed by atoms with van der Waals surface area (Å²) in [5.41, 5.74) is 3.78. The molecule has 0 aliphatic carbocycles. The van der Waals surface area contributed by atoms with Crippen molar-refractivity contribution in [3.63, 3.8) is 0 Å². The number of nitrogens with one attached hydrogen (secondary N) is 1. The van der Waals surface area contributed by atoms with Gasteiger partial charge in [-0.05, 0) is 24.3 Å². The Morgan fingerprint density at radius 1 is 1.00 bits per heavy atom. The van der Waals surface area contributed by atoms with E-state index in [2.05, 4.69) is 5.32 Å². The summed E-state index contributed by atoms with van der Waals surface area (Å²) in [5.74, 6) is -2.31. The fourth-order valence-electron chi connectivity index (χ4n) is 2.45. The number of alkyl halides is 3. The Hall–Kier alpha value is -3.29. The molecule has 1 aromatic heterocycles. The first kappa shape index (κ1) is 16.6. The summed E-state index contributed by atoms with van der Waals surface area (Å²) in [6, 6.07) is 10.7. The van der Waals surface area contributed by atoms with E-state index in [-0.39, 0.29) is 17.0 Å². The van der Waals surface area contributed by atoms with Gasteiger partial charge in [0.25, 0.3) is 11.8 Å². The summed E-state index contributed by atoms with van der Waals surface area (Å²) in [4.78, 5) is 23.9. The van der Waals surface area contributed by atoms with Gasteiger partial charge in [0.05, 0.1) is 11.1 Å². The van der Waals surface area contributed by atoms with Gasteiger partial charge in [-0.2, -0.15) is 13.2 Å². The molecule has 5 nitrogen and oxygen atoms in total. The molecule has 0 bridgehead atoms. The first-order chi connectivity index (χ1) is 11.8. The van der Waals surface area contributed by atoms with Gasteiger partial charge in [-0.25, -0.2) is 0 Å². The highest BCUT2D eigenvalue weighted by molar-refractivity contribution is 6.14. The number of furan rings is 1. The molecule has 0 spiro atoms. The molecular formula is C17H11F3N2O3. The topological polar surface area (TPSA) is 85.3 Å². The predicted molar refractivity (Wildman–Crippen MR) is 84.1 cm³/mol. The molecule has 0 atom stereocenters. The fraction of sp³-hybridized carbons (Fsp3) is 0.0588. The van der Waals surface area contributed by atoms with E-state index in [0.29, 0.717) is 5.39 Å². The molecule has 0 fully saturated rings. The van der Waals surface area contributed by atoms with Gasteiger partial charge in [-0.3, -0.25) is 9.59 Å². The predicted octanol–water partition coefficient (Wildman–Crippen LogP) is 3.80. The van der Waals surface area contributed by atoms with Crippen LogP contribution in [0.3, 0.4) is 0 Å². The number of carbonyl (C=O) groups excluding carboxylic acids is 2. The molecule has 128 valence electrons. The Balaban J connectivity index is 2.07. The molecule has 8 heteroatoms. The number of para-hydroxylation sites is 1. The Labute approximate surface area is 139 Å². The van der Waals surface area contributed by atoms with Crippen LogP contribution in [0.5, 0.6) is 0 Å². The Morgan fingerprint density at radius 2 is 1.64 bits per heavy atom. The minimum atomic E-state index is -4.70. The van der Waals surface area contributed by atoms with Crippen LogP contribution in [0.25, 0.3) is 11.0 Å². The SMILES string of the molecule is NC(=O)c1oc2ccccc2c1NC(=O)c1ccccc1C(F)(F)F. The quantitative estimate of drug-likeness (QED) is 0.755. The average molecular weight is 348 g/mol. The molecule has 0 aliphatic rings. The van der Waals surface area contributed by atoms with E-state index in [1.807, 2.05) is 0 Å². The third-order valence-electron chi connectivity index (χ3n) is 3.53. The molecule has 0 unspecified atom stereocenters. The van der Waals surface area contributed by atoms with E-state index >= 15 is 0 Å². The van der Waals surface area contributed by atoms with Crippen molar-refractivity contribution in [1.82, 2.24) is 0 Å². The zero-order valence-corrected chi connectivity index (χ0v) is 12.6. The normalized spacial score (nSPS) is 11.5. The van der Waals surface area contributed by atoms with Crippen molar-refractivity contribution in [3.8, 4) is 0 Å². The number of anilines is 1. The van der Waals surface area contributed by atoms with Crippen molar-refractivity contribution in [2.24, 2.45) is 5.73 Å². The molecule has 2 aromatic carbocycles. The van der Waals surface area contributed by atoms with Crippen LogP contribution in [0.2, 0.25) is 0 Å². The van der Waals surface area contributed by atoms with Crippen LogP contribution >= 0.6 is 0 Å². The summed E-state index contributed by atoms with van der Waals surface area (Å²) in [6.07, 6.45) is -4.70. The number of primary amides is 1. The largest absolute Gasteiger partial charge is 0.449 e. The molecule has 25 heavy (non-hydrogen) atoms. The fourth-order valence-corrected chi connectivity index (χ4v) is 2.45. The number of halogens is 3. The standard InChI is InChI=1S/C17H11F3N2O3/c18-17(19,20)11-7-3-1-5-9(11)16(24)22-13-10-6-2-4-8-12(10)25-14(13)15(21)23/h1-8H,(H2,21,23)(H,22,24). The number of hydrogen-bond acceptors (Lipinski definition) is 3. The van der Waals surface area contributed by atoms with Crippen LogP contribution in [0.15, 0.2) is 52.9 Å². The number of nitrogens with two attached hydrogens (primary N) is 1. The van der Waals surface area contributed by atoms with Gasteiger partial charge in [-0.15, -0.1) is 0 Å². The Bertz CT molecular complexity index is 977. The van der Waals surface area contributed by atoms with Crippen LogP contribution in [0, 0.1) is 0 Å². The monoisotopic (exact) mass is 348 g/mol. The van der Waals surface area contributed by atoms with Crippen molar-refractivity contribution in [3.05, 3.63) is 65.4 Å². The molecule has 3 aromatic rings. The molecule has 0 saturated carbocycles. The highest BCUT2D eigenvalue weighted by Gasteiger charge is 2.35. The van der Waals surface area contributed by atoms with E-state index in [1.54, 1.807) is 24.3 Å². The maximum atomic E-state index is 13.1. The molecule has 1 heterocycles. The number of benzene rings is 2. The van der Waals surface area contributed by atoms with Gasteiger partial charge in [0.1, 0.15) is 11.3 Å². The second-order valence-corrected chi connectivity index (χ2v) is 5.16. The average Bonchev–Trinajstić information content (AvgIpc) is 2.93. The van der Waals surface area contributed by atoms with E-state index < -0.39 is 29.1 Å². The van der Waals surface area contributed by atoms with Crippen LogP contribution in [-0.4, -0.2) is 11.8 Å². The van der Waals surface area contributed by atoms with Gasteiger partial charge in [0, 0.05) is 5.39 Å². The van der Waals surface area contributed by atoms with Crippen molar-refractivity contribution < 1.29 is 27.2 Å². The highest BCUT2D eigenvalue weighted by atomic mass is 19.4. The summed E-state index contributed by atoms with van der Waals surface area (Å²) in [7, 11) is 0. The zero-order chi connectivity index (χ0) is 18.2. The maximum absolute atomic E-state index is 13.1. The molecule has 0 radical (unpaired) electrons. The first-order valence-electron chi connectivity index (χ1n) is 7.08.